The smallest absolute Gasteiger partial charge is 0.0373 e. The Morgan fingerprint density at radius 2 is 2.12 bits per heavy atom. The van der Waals surface area contributed by atoms with E-state index in [-0.39, 0.29) is 0 Å². The van der Waals surface area contributed by atoms with E-state index in [0.29, 0.717) is 0 Å². The fourth-order valence-corrected chi connectivity index (χ4v) is 1.80. The van der Waals surface area contributed by atoms with E-state index in [9.17, 15) is 0 Å². The third-order valence-corrected chi connectivity index (χ3v) is 2.67. The molecule has 0 aliphatic rings. The van der Waals surface area contributed by atoms with Crippen molar-refractivity contribution in [2.45, 2.75) is 27.2 Å². The molecule has 0 radical (unpaired) electrons. The van der Waals surface area contributed by atoms with E-state index in [0.717, 1.165) is 23.3 Å². The minimum Gasteiger partial charge on any atom is -0.261 e. The van der Waals surface area contributed by atoms with Crippen molar-refractivity contribution in [2.75, 3.05) is 0 Å². The van der Waals surface area contributed by atoms with E-state index in [4.69, 9.17) is 11.6 Å². The summed E-state index contributed by atoms with van der Waals surface area (Å²) in [6.45, 7) is 6.14. The van der Waals surface area contributed by atoms with Gasteiger partial charge in [-0.25, -0.2) is 0 Å². The Kier molecular flexibility index (Phi) is 5.71. The van der Waals surface area contributed by atoms with Crippen LogP contribution in [0.4, 0.5) is 0 Å². The van der Waals surface area contributed by atoms with Crippen LogP contribution in [0.25, 0.3) is 5.57 Å². The molecule has 17 heavy (non-hydrogen) atoms. The van der Waals surface area contributed by atoms with Gasteiger partial charge in [-0.15, -0.1) is 0 Å². The molecule has 0 atom stereocenters. The monoisotopic (exact) mass is 247 g/mol. The number of allylic oxidation sites excluding steroid dienone is 5. The third kappa shape index (κ3) is 3.86. The highest BCUT2D eigenvalue weighted by Crippen LogP contribution is 2.23. The topological polar surface area (TPSA) is 12.9 Å². The molecule has 0 aliphatic carbocycles. The number of rotatable bonds is 4. The van der Waals surface area contributed by atoms with Gasteiger partial charge in [-0.05, 0) is 43.6 Å². The molecular formula is C15H18ClN. The first-order chi connectivity index (χ1) is 8.22. The Hall–Kier alpha value is -1.34. The number of aromatic nitrogens is 1. The maximum absolute atomic E-state index is 5.72. The molecule has 0 spiro atoms. The van der Waals surface area contributed by atoms with Gasteiger partial charge < -0.3 is 0 Å². The van der Waals surface area contributed by atoms with E-state index in [1.54, 1.807) is 5.54 Å². The first-order valence-corrected chi connectivity index (χ1v) is 6.22. The molecule has 1 nitrogen and oxygen atoms in total. The lowest BCUT2D eigenvalue weighted by Gasteiger charge is -2.08. The Balaban J connectivity index is 3.29. The van der Waals surface area contributed by atoms with Crippen molar-refractivity contribution < 1.29 is 0 Å². The van der Waals surface area contributed by atoms with Crippen LogP contribution < -0.4 is 0 Å². The molecule has 1 heterocycles. The summed E-state index contributed by atoms with van der Waals surface area (Å²) in [5, 5.41) is 0. The molecule has 0 aromatic carbocycles. The minimum atomic E-state index is 0.967. The second-order valence-corrected chi connectivity index (χ2v) is 4.03. The van der Waals surface area contributed by atoms with Crippen molar-refractivity contribution in [1.29, 1.82) is 0 Å². The predicted molar refractivity (Wildman–Crippen MR) is 76.0 cm³/mol. The third-order valence-electron chi connectivity index (χ3n) is 2.55. The first kappa shape index (κ1) is 13.7. The maximum Gasteiger partial charge on any atom is 0.0373 e. The first-order valence-electron chi connectivity index (χ1n) is 5.78. The van der Waals surface area contributed by atoms with Crippen molar-refractivity contribution in [1.82, 2.24) is 4.98 Å². The van der Waals surface area contributed by atoms with Crippen LogP contribution in [0.1, 0.15) is 31.5 Å². The van der Waals surface area contributed by atoms with Crippen molar-refractivity contribution in [3.05, 3.63) is 58.9 Å². The molecule has 1 aromatic heterocycles. The Morgan fingerprint density at radius 3 is 2.59 bits per heavy atom. The zero-order valence-electron chi connectivity index (χ0n) is 10.6. The average molecular weight is 248 g/mol. The number of hydrogen-bond acceptors (Lipinski definition) is 1. The van der Waals surface area contributed by atoms with Gasteiger partial charge in [0.25, 0.3) is 0 Å². The lowest BCUT2D eigenvalue weighted by atomic mass is 9.99. The summed E-state index contributed by atoms with van der Waals surface area (Å²) in [6.07, 6.45) is 8.94. The molecule has 0 amide bonds. The Labute approximate surface area is 109 Å². The van der Waals surface area contributed by atoms with Crippen molar-refractivity contribution in [2.24, 2.45) is 0 Å². The maximum atomic E-state index is 5.72. The number of nitrogens with zero attached hydrogens (tertiary/aromatic N) is 1. The molecule has 90 valence electrons. The molecule has 0 saturated carbocycles. The van der Waals surface area contributed by atoms with Crippen LogP contribution in [-0.2, 0) is 0 Å². The summed E-state index contributed by atoms with van der Waals surface area (Å²) in [7, 11) is 0. The van der Waals surface area contributed by atoms with Crippen LogP contribution in [-0.4, -0.2) is 4.98 Å². The van der Waals surface area contributed by atoms with Gasteiger partial charge >= 0.3 is 0 Å². The van der Waals surface area contributed by atoms with E-state index in [1.807, 2.05) is 38.3 Å². The summed E-state index contributed by atoms with van der Waals surface area (Å²) in [5.74, 6) is 0. The number of pyridine rings is 1. The molecule has 0 saturated heterocycles. The summed E-state index contributed by atoms with van der Waals surface area (Å²) < 4.78 is 0. The summed E-state index contributed by atoms with van der Waals surface area (Å²) in [5.41, 5.74) is 6.06. The van der Waals surface area contributed by atoms with Gasteiger partial charge in [-0.2, -0.15) is 0 Å². The lowest BCUT2D eigenvalue weighted by molar-refractivity contribution is 1.14. The quantitative estimate of drug-likeness (QED) is 0.691. The fraction of sp³-hybridized carbons (Fsp3) is 0.267. The molecule has 0 fully saturated rings. The largest absolute Gasteiger partial charge is 0.261 e. The van der Waals surface area contributed by atoms with Crippen LogP contribution in [0, 0.1) is 6.92 Å². The van der Waals surface area contributed by atoms with Gasteiger partial charge in [-0.3, -0.25) is 4.98 Å². The van der Waals surface area contributed by atoms with Crippen molar-refractivity contribution in [3.63, 3.8) is 0 Å². The molecule has 0 N–H and O–H groups in total. The van der Waals surface area contributed by atoms with Crippen molar-refractivity contribution in [3.8, 4) is 0 Å². The number of halogens is 1. The summed E-state index contributed by atoms with van der Waals surface area (Å²) in [4.78, 5) is 4.32. The van der Waals surface area contributed by atoms with Gasteiger partial charge in [0, 0.05) is 23.0 Å². The zero-order chi connectivity index (χ0) is 12.7. The summed E-state index contributed by atoms with van der Waals surface area (Å²) >= 11 is 5.72. The number of hydrogen-bond donors (Lipinski definition) is 0. The fourth-order valence-electron chi connectivity index (χ4n) is 1.68. The average Bonchev–Trinajstić information content (AvgIpc) is 2.35. The van der Waals surface area contributed by atoms with E-state index >= 15 is 0 Å². The summed E-state index contributed by atoms with van der Waals surface area (Å²) in [6, 6.07) is 4.09. The SMILES string of the molecule is C\C=C/C(CC)=C(\C=C\Cl)c1ccc(C)nc1. The van der Waals surface area contributed by atoms with Crippen LogP contribution >= 0.6 is 11.6 Å². The van der Waals surface area contributed by atoms with E-state index in [1.165, 1.54) is 5.57 Å². The Morgan fingerprint density at radius 1 is 1.35 bits per heavy atom. The lowest BCUT2D eigenvalue weighted by Crippen LogP contribution is -1.89. The predicted octanol–water partition coefficient (Wildman–Crippen LogP) is 4.88. The molecule has 0 unspecified atom stereocenters. The zero-order valence-corrected chi connectivity index (χ0v) is 11.3. The molecule has 0 bridgehead atoms. The van der Waals surface area contributed by atoms with Gasteiger partial charge in [0.2, 0.25) is 0 Å². The normalized spacial score (nSPS) is 13.4. The minimum absolute atomic E-state index is 0.967. The van der Waals surface area contributed by atoms with Crippen LogP contribution in [0.2, 0.25) is 0 Å². The molecular weight excluding hydrogens is 230 g/mol. The van der Waals surface area contributed by atoms with Crippen LogP contribution in [0.5, 0.6) is 0 Å². The molecule has 0 aliphatic heterocycles. The van der Waals surface area contributed by atoms with E-state index < -0.39 is 0 Å². The highest BCUT2D eigenvalue weighted by atomic mass is 35.5. The van der Waals surface area contributed by atoms with Gasteiger partial charge in [0.05, 0.1) is 0 Å². The highest BCUT2D eigenvalue weighted by Gasteiger charge is 2.03. The van der Waals surface area contributed by atoms with Crippen LogP contribution in [0.3, 0.4) is 0 Å². The van der Waals surface area contributed by atoms with Gasteiger partial charge in [0.1, 0.15) is 0 Å². The highest BCUT2D eigenvalue weighted by molar-refractivity contribution is 6.26. The molecule has 1 rings (SSSR count). The second-order valence-electron chi connectivity index (χ2n) is 3.77. The van der Waals surface area contributed by atoms with Crippen LogP contribution in [0.15, 0.2) is 47.7 Å². The van der Waals surface area contributed by atoms with Gasteiger partial charge in [0.15, 0.2) is 0 Å². The molecule has 1 aromatic rings. The van der Waals surface area contributed by atoms with Gasteiger partial charge in [-0.1, -0.05) is 36.7 Å². The Bertz CT molecular complexity index is 438. The van der Waals surface area contributed by atoms with Crippen molar-refractivity contribution >= 4 is 17.2 Å². The van der Waals surface area contributed by atoms with E-state index in [2.05, 4.69) is 24.1 Å². The standard InChI is InChI=1S/C15H18ClN/c1-4-6-13(5-2)15(9-10-16)14-8-7-12(3)17-11-14/h4,6-11H,5H2,1-3H3/b6-4-,10-9+,15-13+. The second kappa shape index (κ2) is 7.08. The number of aryl methyl sites for hydroxylation is 1. The molecule has 2 heteroatoms.